The molecule has 0 unspecified atom stereocenters. The van der Waals surface area contributed by atoms with Crippen LogP contribution in [0.5, 0.6) is 0 Å². The van der Waals surface area contributed by atoms with E-state index in [0.717, 1.165) is 66.3 Å². The fourth-order valence-corrected chi connectivity index (χ4v) is 11.9. The van der Waals surface area contributed by atoms with E-state index in [-0.39, 0.29) is 0 Å². The van der Waals surface area contributed by atoms with Crippen LogP contribution in [0.4, 0.5) is 0 Å². The molecule has 2 heterocycles. The van der Waals surface area contributed by atoms with Crippen molar-refractivity contribution in [2.75, 3.05) is 0 Å². The van der Waals surface area contributed by atoms with Crippen LogP contribution in [-0.4, -0.2) is 4.98 Å². The highest BCUT2D eigenvalue weighted by Gasteiger charge is 2.44. The molecule has 0 saturated heterocycles. The summed E-state index contributed by atoms with van der Waals surface area (Å²) in [6.07, 6.45) is 4.02. The summed E-state index contributed by atoms with van der Waals surface area (Å²) < 4.78 is 0. The van der Waals surface area contributed by atoms with Crippen LogP contribution in [0.1, 0.15) is 33.4 Å². The van der Waals surface area contributed by atoms with Crippen LogP contribution in [0.15, 0.2) is 247 Å². The maximum Gasteiger partial charge on any atom is 0.0788 e. The van der Waals surface area contributed by atoms with E-state index in [9.17, 15) is 0 Å². The highest BCUT2D eigenvalue weighted by molar-refractivity contribution is 7.99. The van der Waals surface area contributed by atoms with Crippen molar-refractivity contribution in [2.24, 2.45) is 0 Å². The van der Waals surface area contributed by atoms with Crippen molar-refractivity contribution in [3.05, 3.63) is 271 Å². The number of nitrogens with zero attached hydrogens (tertiary/aromatic N) is 1. The smallest absolute Gasteiger partial charge is 0.0788 e. The zero-order valence-corrected chi connectivity index (χ0v) is 37.1. The van der Waals surface area contributed by atoms with Gasteiger partial charge in [0, 0.05) is 26.1 Å². The molecule has 310 valence electrons. The fourth-order valence-electron chi connectivity index (χ4n) is 10.7. The largest absolute Gasteiger partial charge is 0.247 e. The topological polar surface area (TPSA) is 12.9 Å². The molecule has 1 aliphatic rings. The molecule has 12 rings (SSSR count). The lowest BCUT2D eigenvalue weighted by atomic mass is 9.64. The number of hydrogen-bond donors (Lipinski definition) is 0. The van der Waals surface area contributed by atoms with Crippen LogP contribution < -0.4 is 0 Å². The summed E-state index contributed by atoms with van der Waals surface area (Å²) in [4.78, 5) is 8.01. The van der Waals surface area contributed by atoms with Crippen molar-refractivity contribution in [3.63, 3.8) is 0 Å². The summed E-state index contributed by atoms with van der Waals surface area (Å²) in [5, 5.41) is 5.72. The fraction of sp³-hybridized carbons (Fsp3) is 0.0156. The van der Waals surface area contributed by atoms with Gasteiger partial charge in [0.2, 0.25) is 0 Å². The van der Waals surface area contributed by atoms with Gasteiger partial charge in [-0.25, -0.2) is 4.98 Å². The molecule has 0 radical (unpaired) electrons. The first-order valence-corrected chi connectivity index (χ1v) is 23.3. The van der Waals surface area contributed by atoms with Gasteiger partial charge in [-0.1, -0.05) is 231 Å². The Morgan fingerprint density at radius 3 is 1.48 bits per heavy atom. The average Bonchev–Trinajstić information content (AvgIpc) is 3.39. The standard InChI is InChI=1S/C64H43NS/c1-3-49-50(4-2)62(52-30-18-17-29-51(52)61(49)44-35-33-43(34-36-44)42-21-9-5-10-22-42)46-37-38-58-54(39-46)53-40-57-60(41-55(53)63(65-58)45-23-11-6-12-24-45)66-59-32-20-19-31-56(59)64(57,47-25-13-7-14-26-47)48-27-15-8-16-28-48/h3-41H,1-2H2. The molecule has 0 atom stereocenters. The number of pyridine rings is 1. The first kappa shape index (κ1) is 39.5. The van der Waals surface area contributed by atoms with Crippen molar-refractivity contribution >= 4 is 56.4 Å². The van der Waals surface area contributed by atoms with Gasteiger partial charge in [0.15, 0.2) is 0 Å². The second kappa shape index (κ2) is 16.2. The third-order valence-electron chi connectivity index (χ3n) is 13.5. The van der Waals surface area contributed by atoms with Crippen molar-refractivity contribution < 1.29 is 0 Å². The lowest BCUT2D eigenvalue weighted by molar-refractivity contribution is 0.704. The summed E-state index contributed by atoms with van der Waals surface area (Å²) in [5.41, 5.74) is 16.5. The zero-order valence-electron chi connectivity index (χ0n) is 36.3. The van der Waals surface area contributed by atoms with E-state index in [1.807, 2.05) is 23.9 Å². The number of rotatable bonds is 8. The van der Waals surface area contributed by atoms with Crippen LogP contribution in [-0.2, 0) is 5.41 Å². The third-order valence-corrected chi connectivity index (χ3v) is 14.7. The van der Waals surface area contributed by atoms with Crippen LogP contribution in [0.25, 0.3) is 89.2 Å². The number of benzene rings is 10. The summed E-state index contributed by atoms with van der Waals surface area (Å²) in [5.74, 6) is 0. The minimum atomic E-state index is -0.575. The van der Waals surface area contributed by atoms with Crippen LogP contribution in [0.3, 0.4) is 0 Å². The molecule has 0 bridgehead atoms. The van der Waals surface area contributed by atoms with Crippen molar-refractivity contribution in [2.45, 2.75) is 15.2 Å². The van der Waals surface area contributed by atoms with E-state index in [1.165, 1.54) is 53.9 Å². The lowest BCUT2D eigenvalue weighted by Gasteiger charge is -2.42. The Bertz CT molecular complexity index is 3630. The molecule has 11 aromatic rings. The minimum Gasteiger partial charge on any atom is -0.247 e. The summed E-state index contributed by atoms with van der Waals surface area (Å²) >= 11 is 1.86. The highest BCUT2D eigenvalue weighted by atomic mass is 32.2. The summed E-state index contributed by atoms with van der Waals surface area (Å²) in [6.45, 7) is 8.88. The molecule has 0 spiro atoms. The van der Waals surface area contributed by atoms with Gasteiger partial charge in [-0.3, -0.25) is 0 Å². The Balaban J connectivity index is 1.15. The average molecular weight is 858 g/mol. The molecule has 0 saturated carbocycles. The molecule has 0 fully saturated rings. The van der Waals surface area contributed by atoms with Gasteiger partial charge in [0.1, 0.15) is 0 Å². The molecule has 1 aliphatic heterocycles. The first-order valence-electron chi connectivity index (χ1n) is 22.5. The first-order chi connectivity index (χ1) is 32.6. The number of fused-ring (bicyclic) bond motifs is 6. The van der Waals surface area contributed by atoms with Gasteiger partial charge in [-0.2, -0.15) is 0 Å². The van der Waals surface area contributed by atoms with Gasteiger partial charge in [0.05, 0.1) is 16.6 Å². The normalized spacial score (nSPS) is 12.7. The van der Waals surface area contributed by atoms with Crippen LogP contribution >= 0.6 is 11.8 Å². The van der Waals surface area contributed by atoms with E-state index in [2.05, 4.69) is 238 Å². The Morgan fingerprint density at radius 1 is 0.364 bits per heavy atom. The molecular weight excluding hydrogens is 815 g/mol. The van der Waals surface area contributed by atoms with E-state index in [4.69, 9.17) is 4.98 Å². The second-order valence-corrected chi connectivity index (χ2v) is 18.1. The van der Waals surface area contributed by atoms with Gasteiger partial charge < -0.3 is 0 Å². The van der Waals surface area contributed by atoms with E-state index in [0.29, 0.717) is 0 Å². The Kier molecular flexibility index (Phi) is 9.70. The van der Waals surface area contributed by atoms with E-state index in [1.54, 1.807) is 0 Å². The van der Waals surface area contributed by atoms with Crippen molar-refractivity contribution in [3.8, 4) is 44.6 Å². The Morgan fingerprint density at radius 2 is 0.864 bits per heavy atom. The molecule has 1 aromatic heterocycles. The predicted molar refractivity (Wildman–Crippen MR) is 281 cm³/mol. The summed E-state index contributed by atoms with van der Waals surface area (Å²) in [7, 11) is 0. The highest BCUT2D eigenvalue weighted by Crippen LogP contribution is 2.57. The molecule has 2 heteroatoms. The lowest BCUT2D eigenvalue weighted by Crippen LogP contribution is -2.34. The molecule has 10 aromatic carbocycles. The Labute approximate surface area is 390 Å². The Hall–Kier alpha value is -8.04. The maximum absolute atomic E-state index is 5.53. The van der Waals surface area contributed by atoms with Gasteiger partial charge in [0.25, 0.3) is 0 Å². The minimum absolute atomic E-state index is 0.575. The van der Waals surface area contributed by atoms with E-state index >= 15 is 0 Å². The third kappa shape index (κ3) is 6.21. The maximum atomic E-state index is 5.53. The molecule has 0 amide bonds. The predicted octanol–water partition coefficient (Wildman–Crippen LogP) is 17.3. The SMILES string of the molecule is C=Cc1c(C=C)c(-c2ccc3nc(-c4ccccc4)c4cc5c(cc4c3c2)C(c2ccccc2)(c2ccccc2)c2ccccc2S5)c2ccccc2c1-c1ccc(-c2ccccc2)cc1. The van der Waals surface area contributed by atoms with E-state index < -0.39 is 5.41 Å². The quantitative estimate of drug-likeness (QED) is 0.141. The van der Waals surface area contributed by atoms with Gasteiger partial charge in [-0.15, -0.1) is 0 Å². The zero-order chi connectivity index (χ0) is 44.2. The van der Waals surface area contributed by atoms with Crippen LogP contribution in [0, 0.1) is 0 Å². The van der Waals surface area contributed by atoms with Gasteiger partial charge in [-0.05, 0) is 113 Å². The van der Waals surface area contributed by atoms with Crippen molar-refractivity contribution in [1.29, 1.82) is 0 Å². The second-order valence-electron chi connectivity index (χ2n) is 17.0. The summed E-state index contributed by atoms with van der Waals surface area (Å²) in [6, 6.07) is 81.7. The molecule has 66 heavy (non-hydrogen) atoms. The molecule has 0 aliphatic carbocycles. The number of hydrogen-bond acceptors (Lipinski definition) is 2. The van der Waals surface area contributed by atoms with Crippen molar-refractivity contribution in [1.82, 2.24) is 4.98 Å². The molecule has 0 N–H and O–H groups in total. The number of aromatic nitrogens is 1. The molecule has 1 nitrogen and oxygen atoms in total. The monoisotopic (exact) mass is 857 g/mol. The molecular formula is C64H43NS. The van der Waals surface area contributed by atoms with Gasteiger partial charge >= 0.3 is 0 Å². The van der Waals surface area contributed by atoms with Crippen LogP contribution in [0.2, 0.25) is 0 Å².